The molecule has 0 spiro atoms. The minimum Gasteiger partial charge on any atom is -0.118 e. The van der Waals surface area contributed by atoms with E-state index in [4.69, 9.17) is 0 Å². The van der Waals surface area contributed by atoms with E-state index in [1.165, 1.54) is 0 Å². The quantitative estimate of drug-likeness (QED) is 0.503. The van der Waals surface area contributed by atoms with Gasteiger partial charge in [-0.1, -0.05) is 5.92 Å². The molecule has 1 rings (SSSR count). The molecule has 0 radical (unpaired) electrons. The molecule has 0 nitrogen and oxygen atoms in total. The van der Waals surface area contributed by atoms with Gasteiger partial charge in [0.2, 0.25) is 0 Å². The summed E-state index contributed by atoms with van der Waals surface area (Å²) in [5, 5.41) is 0. The molecular formula is C9H5IS. The Kier molecular flexibility index (Phi) is 3.48. The van der Waals surface area contributed by atoms with Crippen LogP contribution in [0.25, 0.3) is 0 Å². The van der Waals surface area contributed by atoms with Gasteiger partial charge in [-0.2, -0.15) is 0 Å². The third kappa shape index (κ3) is 2.57. The molecule has 0 amide bonds. The lowest BCUT2D eigenvalue weighted by Gasteiger charge is -1.73. The molecule has 0 atom stereocenters. The van der Waals surface area contributed by atoms with Crippen molar-refractivity contribution in [3.05, 3.63) is 21.9 Å². The first-order chi connectivity index (χ1) is 5.36. The van der Waals surface area contributed by atoms with Gasteiger partial charge in [-0.25, -0.2) is 0 Å². The third-order valence-electron chi connectivity index (χ3n) is 1.02. The largest absolute Gasteiger partial charge is 0.118 e. The van der Waals surface area contributed by atoms with Crippen molar-refractivity contribution in [2.24, 2.45) is 0 Å². The zero-order chi connectivity index (χ0) is 8.10. The molecule has 0 N–H and O–H groups in total. The number of thiophene rings is 1. The molecule has 54 valence electrons. The predicted molar refractivity (Wildman–Crippen MR) is 57.8 cm³/mol. The summed E-state index contributed by atoms with van der Waals surface area (Å²) in [6.45, 7) is 1.84. The van der Waals surface area contributed by atoms with Crippen LogP contribution in [0.15, 0.2) is 12.1 Å². The van der Waals surface area contributed by atoms with Crippen molar-refractivity contribution in [2.75, 3.05) is 0 Å². The van der Waals surface area contributed by atoms with Gasteiger partial charge in [-0.15, -0.1) is 17.3 Å². The highest BCUT2D eigenvalue weighted by Crippen LogP contribution is 2.13. The zero-order valence-electron chi connectivity index (χ0n) is 5.94. The molecule has 0 aromatic carbocycles. The zero-order valence-corrected chi connectivity index (χ0v) is 8.91. The van der Waals surface area contributed by atoms with E-state index in [9.17, 15) is 0 Å². The lowest BCUT2D eigenvalue weighted by Crippen LogP contribution is -1.55. The molecule has 0 aliphatic rings. The maximum atomic E-state index is 2.98. The number of hydrogen-bond donors (Lipinski definition) is 0. The van der Waals surface area contributed by atoms with Gasteiger partial charge >= 0.3 is 0 Å². The summed E-state index contributed by atoms with van der Waals surface area (Å²) >= 11 is 3.66. The highest BCUT2D eigenvalue weighted by molar-refractivity contribution is 14.1. The van der Waals surface area contributed by atoms with Gasteiger partial charge in [-0.05, 0) is 28.9 Å². The molecule has 0 saturated carbocycles. The Bertz CT molecular complexity index is 320. The van der Waals surface area contributed by atoms with E-state index in [1.54, 1.807) is 11.3 Å². The van der Waals surface area contributed by atoms with Crippen LogP contribution in [0.1, 0.15) is 16.7 Å². The normalized spacial score (nSPS) is 7.45. The van der Waals surface area contributed by atoms with Gasteiger partial charge in [0.15, 0.2) is 0 Å². The van der Waals surface area contributed by atoms with Crippen LogP contribution in [-0.2, 0) is 0 Å². The minimum absolute atomic E-state index is 1.08. The van der Waals surface area contributed by atoms with Crippen LogP contribution < -0.4 is 0 Å². The van der Waals surface area contributed by atoms with Crippen molar-refractivity contribution in [1.29, 1.82) is 0 Å². The van der Waals surface area contributed by atoms with Crippen LogP contribution in [0.2, 0.25) is 0 Å². The van der Waals surface area contributed by atoms with Crippen molar-refractivity contribution >= 4 is 33.9 Å². The summed E-state index contributed by atoms with van der Waals surface area (Å²) in [6.07, 6.45) is 0. The molecule has 0 aliphatic heterocycles. The minimum atomic E-state index is 1.08. The lowest BCUT2D eigenvalue weighted by atomic mass is 10.4. The van der Waals surface area contributed by atoms with Crippen LogP contribution in [0, 0.1) is 21.7 Å². The molecule has 0 bridgehead atoms. The van der Waals surface area contributed by atoms with Gasteiger partial charge in [0.05, 0.1) is 9.75 Å². The second kappa shape index (κ2) is 4.43. The first-order valence-electron chi connectivity index (χ1n) is 3.01. The monoisotopic (exact) mass is 272 g/mol. The Morgan fingerprint density at radius 3 is 2.45 bits per heavy atom. The molecule has 11 heavy (non-hydrogen) atoms. The average molecular weight is 272 g/mol. The third-order valence-corrected chi connectivity index (χ3v) is 2.21. The summed E-state index contributed by atoms with van der Waals surface area (Å²) in [4.78, 5) is 2.17. The van der Waals surface area contributed by atoms with E-state index < -0.39 is 0 Å². The summed E-state index contributed by atoms with van der Waals surface area (Å²) in [5.74, 6) is 8.81. The average Bonchev–Trinajstić information content (AvgIpc) is 2.38. The van der Waals surface area contributed by atoms with E-state index in [0.29, 0.717) is 0 Å². The molecule has 2 heteroatoms. The highest BCUT2D eigenvalue weighted by atomic mass is 127. The standard InChI is InChI=1S/C9H5IS/c1-2-3-8-4-5-9(11-8)6-7-10/h4-5H,1H3. The summed E-state index contributed by atoms with van der Waals surface area (Å²) in [6, 6.07) is 3.99. The van der Waals surface area contributed by atoms with Crippen LogP contribution in [-0.4, -0.2) is 0 Å². The molecule has 0 aliphatic carbocycles. The van der Waals surface area contributed by atoms with Crippen molar-refractivity contribution < 1.29 is 0 Å². The molecular weight excluding hydrogens is 267 g/mol. The number of hydrogen-bond acceptors (Lipinski definition) is 1. The summed E-state index contributed by atoms with van der Waals surface area (Å²) < 4.78 is 2.82. The van der Waals surface area contributed by atoms with E-state index in [-0.39, 0.29) is 0 Å². The molecule has 0 fully saturated rings. The van der Waals surface area contributed by atoms with Crippen LogP contribution in [0.4, 0.5) is 0 Å². The van der Waals surface area contributed by atoms with E-state index in [1.807, 2.05) is 41.6 Å². The topological polar surface area (TPSA) is 0 Å². The van der Waals surface area contributed by atoms with Crippen LogP contribution in [0.3, 0.4) is 0 Å². The fraction of sp³-hybridized carbons (Fsp3) is 0.111. The van der Waals surface area contributed by atoms with Crippen molar-refractivity contribution in [2.45, 2.75) is 6.92 Å². The molecule has 1 aromatic heterocycles. The lowest BCUT2D eigenvalue weighted by molar-refractivity contribution is 1.86. The smallest absolute Gasteiger partial charge is 0.0790 e. The Hall–Kier alpha value is -0.450. The van der Waals surface area contributed by atoms with Gasteiger partial charge in [0.1, 0.15) is 0 Å². The Morgan fingerprint density at radius 1 is 1.27 bits per heavy atom. The highest BCUT2D eigenvalue weighted by Gasteiger charge is 1.91. The second-order valence-corrected chi connectivity index (χ2v) is 3.38. The fourth-order valence-electron chi connectivity index (χ4n) is 0.642. The van der Waals surface area contributed by atoms with Crippen LogP contribution in [0.5, 0.6) is 0 Å². The van der Waals surface area contributed by atoms with Gasteiger partial charge < -0.3 is 0 Å². The summed E-state index contributed by atoms with van der Waals surface area (Å²) in [5.41, 5.74) is 0. The van der Waals surface area contributed by atoms with Crippen molar-refractivity contribution in [3.8, 4) is 21.7 Å². The Morgan fingerprint density at radius 2 is 1.91 bits per heavy atom. The fourth-order valence-corrected chi connectivity index (χ4v) is 1.88. The predicted octanol–water partition coefficient (Wildman–Crippen LogP) is 2.86. The number of rotatable bonds is 0. The molecule has 1 aromatic rings. The molecule has 0 unspecified atom stereocenters. The van der Waals surface area contributed by atoms with Crippen molar-refractivity contribution in [1.82, 2.24) is 0 Å². The van der Waals surface area contributed by atoms with E-state index in [2.05, 4.69) is 21.7 Å². The molecule has 1 heterocycles. The molecule has 0 saturated heterocycles. The van der Waals surface area contributed by atoms with E-state index >= 15 is 0 Å². The van der Waals surface area contributed by atoms with Crippen LogP contribution >= 0.6 is 33.9 Å². The van der Waals surface area contributed by atoms with E-state index in [0.717, 1.165) is 9.75 Å². The van der Waals surface area contributed by atoms with Gasteiger partial charge in [0.25, 0.3) is 0 Å². The van der Waals surface area contributed by atoms with Gasteiger partial charge in [0, 0.05) is 22.6 Å². The SMILES string of the molecule is CC#Cc1ccc(C#CI)s1. The van der Waals surface area contributed by atoms with Gasteiger partial charge in [-0.3, -0.25) is 0 Å². The maximum Gasteiger partial charge on any atom is 0.0790 e. The number of halogens is 1. The Balaban J connectivity index is 2.93. The maximum absolute atomic E-state index is 2.98. The first kappa shape index (κ1) is 8.64. The summed E-state index contributed by atoms with van der Waals surface area (Å²) in [7, 11) is 0. The first-order valence-corrected chi connectivity index (χ1v) is 4.90. The van der Waals surface area contributed by atoms with Crippen molar-refractivity contribution in [3.63, 3.8) is 0 Å². The second-order valence-electron chi connectivity index (χ2n) is 1.76. The Labute approximate surface area is 84.2 Å².